The summed E-state index contributed by atoms with van der Waals surface area (Å²) in [6, 6.07) is 5.56. The van der Waals surface area contributed by atoms with E-state index in [0.717, 1.165) is 32.0 Å². The zero-order valence-corrected chi connectivity index (χ0v) is 15.5. The standard InChI is InChI=1S/C18H28N4O5/c1-26-12-16(24)20-10-13-17(18(25)14(11-23)27-13)22-8-6-21(7-9-22)15-4-2-3-5-19-15/h2-5,13-14,17-18,23,25H,6-12H2,1H3,(H,20,24)/t13-,14+,17+,18-/m1/s1. The Hall–Kier alpha value is -1.78. The minimum absolute atomic E-state index is 0.0217. The normalized spacial score (nSPS) is 29.1. The van der Waals surface area contributed by atoms with Gasteiger partial charge in [0.15, 0.2) is 0 Å². The summed E-state index contributed by atoms with van der Waals surface area (Å²) in [4.78, 5) is 20.5. The summed E-state index contributed by atoms with van der Waals surface area (Å²) in [6.45, 7) is 3.03. The number of aliphatic hydroxyl groups is 2. The monoisotopic (exact) mass is 380 g/mol. The van der Waals surface area contributed by atoms with Gasteiger partial charge in [0.25, 0.3) is 0 Å². The van der Waals surface area contributed by atoms with Gasteiger partial charge in [-0.1, -0.05) is 6.07 Å². The van der Waals surface area contributed by atoms with Crippen LogP contribution in [0.4, 0.5) is 5.82 Å². The second kappa shape index (κ2) is 9.43. The molecule has 9 heteroatoms. The van der Waals surface area contributed by atoms with Crippen LogP contribution in [-0.2, 0) is 14.3 Å². The number of aliphatic hydroxyl groups excluding tert-OH is 2. The Morgan fingerprint density at radius 2 is 2.11 bits per heavy atom. The Bertz CT molecular complexity index is 597. The summed E-state index contributed by atoms with van der Waals surface area (Å²) in [7, 11) is 1.46. The number of aromatic nitrogens is 1. The number of hydrogen-bond acceptors (Lipinski definition) is 8. The van der Waals surface area contributed by atoms with Crippen molar-refractivity contribution in [3.63, 3.8) is 0 Å². The van der Waals surface area contributed by atoms with Gasteiger partial charge in [-0.25, -0.2) is 4.98 Å². The van der Waals surface area contributed by atoms with E-state index in [1.165, 1.54) is 7.11 Å². The third kappa shape index (κ3) is 4.74. The minimum Gasteiger partial charge on any atom is -0.394 e. The molecule has 4 atom stereocenters. The number of rotatable bonds is 7. The number of nitrogens with one attached hydrogen (secondary N) is 1. The molecule has 0 aromatic carbocycles. The third-order valence-corrected chi connectivity index (χ3v) is 5.13. The molecule has 1 amide bonds. The van der Waals surface area contributed by atoms with Crippen LogP contribution in [0.1, 0.15) is 0 Å². The van der Waals surface area contributed by atoms with Crippen LogP contribution in [0.15, 0.2) is 24.4 Å². The molecule has 1 aromatic heterocycles. The summed E-state index contributed by atoms with van der Waals surface area (Å²) in [6.07, 6.45) is -0.0610. The number of carbonyl (C=O) groups excluding carboxylic acids is 1. The zero-order valence-electron chi connectivity index (χ0n) is 15.5. The zero-order chi connectivity index (χ0) is 19.2. The largest absolute Gasteiger partial charge is 0.394 e. The number of ether oxygens (including phenoxy) is 2. The molecule has 3 rings (SSSR count). The number of hydrogen-bond donors (Lipinski definition) is 3. The van der Waals surface area contributed by atoms with E-state index in [1.54, 1.807) is 6.20 Å². The van der Waals surface area contributed by atoms with Crippen LogP contribution < -0.4 is 10.2 Å². The van der Waals surface area contributed by atoms with Gasteiger partial charge in [0.2, 0.25) is 5.91 Å². The van der Waals surface area contributed by atoms with Crippen LogP contribution in [0.5, 0.6) is 0 Å². The molecular weight excluding hydrogens is 352 g/mol. The van der Waals surface area contributed by atoms with E-state index < -0.39 is 12.2 Å². The van der Waals surface area contributed by atoms with Gasteiger partial charge in [-0.2, -0.15) is 0 Å². The first kappa shape index (κ1) is 20.0. The molecule has 2 aliphatic rings. The second-order valence-corrected chi connectivity index (χ2v) is 6.82. The smallest absolute Gasteiger partial charge is 0.246 e. The molecule has 27 heavy (non-hydrogen) atoms. The van der Waals surface area contributed by atoms with Crippen LogP contribution in [-0.4, -0.2) is 103 Å². The molecule has 2 aliphatic heterocycles. The number of amides is 1. The van der Waals surface area contributed by atoms with Crippen LogP contribution >= 0.6 is 0 Å². The molecule has 1 aromatic rings. The number of anilines is 1. The molecule has 0 saturated carbocycles. The summed E-state index contributed by atoms with van der Waals surface area (Å²) in [5.74, 6) is 0.707. The van der Waals surface area contributed by atoms with Gasteiger partial charge in [0.1, 0.15) is 24.6 Å². The summed E-state index contributed by atoms with van der Waals surface area (Å²) >= 11 is 0. The molecule has 3 N–H and O–H groups in total. The van der Waals surface area contributed by atoms with Crippen LogP contribution in [0.3, 0.4) is 0 Å². The Labute approximate surface area is 158 Å². The quantitative estimate of drug-likeness (QED) is 0.522. The topological polar surface area (TPSA) is 107 Å². The summed E-state index contributed by atoms with van der Waals surface area (Å²) < 4.78 is 10.6. The molecule has 3 heterocycles. The lowest BCUT2D eigenvalue weighted by atomic mass is 10.0. The molecule has 0 radical (unpaired) electrons. The molecule has 0 unspecified atom stereocenters. The van der Waals surface area contributed by atoms with E-state index in [4.69, 9.17) is 9.47 Å². The molecule has 0 spiro atoms. The number of nitrogens with zero attached hydrogens (tertiary/aromatic N) is 3. The van der Waals surface area contributed by atoms with Crippen molar-refractivity contribution in [3.05, 3.63) is 24.4 Å². The average Bonchev–Trinajstić information content (AvgIpc) is 3.03. The lowest BCUT2D eigenvalue weighted by Gasteiger charge is -2.40. The maximum Gasteiger partial charge on any atom is 0.246 e. The SMILES string of the molecule is COCC(=O)NC[C@H]1O[C@@H](CO)[C@@H](O)[C@H]1N1CCN(c2ccccn2)CC1. The van der Waals surface area contributed by atoms with E-state index in [2.05, 4.69) is 20.1 Å². The lowest BCUT2D eigenvalue weighted by Crippen LogP contribution is -2.57. The Morgan fingerprint density at radius 3 is 2.74 bits per heavy atom. The van der Waals surface area contributed by atoms with E-state index in [0.29, 0.717) is 0 Å². The highest BCUT2D eigenvalue weighted by Gasteiger charge is 2.46. The highest BCUT2D eigenvalue weighted by atomic mass is 16.5. The van der Waals surface area contributed by atoms with Crippen LogP contribution in [0, 0.1) is 0 Å². The molecule has 2 fully saturated rings. The fourth-order valence-corrected chi connectivity index (χ4v) is 3.78. The maximum absolute atomic E-state index is 11.7. The van der Waals surface area contributed by atoms with Crippen molar-refractivity contribution >= 4 is 11.7 Å². The molecule has 9 nitrogen and oxygen atoms in total. The molecular formula is C18H28N4O5. The number of methoxy groups -OCH3 is 1. The highest BCUT2D eigenvalue weighted by Crippen LogP contribution is 2.27. The molecule has 0 aliphatic carbocycles. The summed E-state index contributed by atoms with van der Waals surface area (Å²) in [5.41, 5.74) is 0. The Morgan fingerprint density at radius 1 is 1.33 bits per heavy atom. The van der Waals surface area contributed by atoms with Crippen molar-refractivity contribution in [1.29, 1.82) is 0 Å². The summed E-state index contributed by atoms with van der Waals surface area (Å²) in [5, 5.41) is 22.9. The predicted molar refractivity (Wildman–Crippen MR) is 98.5 cm³/mol. The van der Waals surface area contributed by atoms with Crippen molar-refractivity contribution in [2.45, 2.75) is 24.4 Å². The second-order valence-electron chi connectivity index (χ2n) is 6.82. The van der Waals surface area contributed by atoms with Gasteiger partial charge >= 0.3 is 0 Å². The molecule has 150 valence electrons. The van der Waals surface area contributed by atoms with Crippen molar-refractivity contribution in [2.75, 3.05) is 57.9 Å². The minimum atomic E-state index is -0.805. The number of piperazine rings is 1. The van der Waals surface area contributed by atoms with Crippen molar-refractivity contribution in [3.8, 4) is 0 Å². The Balaban J connectivity index is 1.61. The van der Waals surface area contributed by atoms with Crippen molar-refractivity contribution < 1.29 is 24.5 Å². The Kier molecular flexibility index (Phi) is 6.97. The van der Waals surface area contributed by atoms with Gasteiger partial charge in [-0.3, -0.25) is 9.69 Å². The van der Waals surface area contributed by atoms with E-state index in [-0.39, 0.29) is 37.8 Å². The molecule has 2 saturated heterocycles. The van der Waals surface area contributed by atoms with Crippen molar-refractivity contribution in [2.24, 2.45) is 0 Å². The average molecular weight is 380 g/mol. The van der Waals surface area contributed by atoms with Crippen LogP contribution in [0.25, 0.3) is 0 Å². The first-order valence-corrected chi connectivity index (χ1v) is 9.24. The van der Waals surface area contributed by atoms with Crippen LogP contribution in [0.2, 0.25) is 0 Å². The van der Waals surface area contributed by atoms with E-state index in [9.17, 15) is 15.0 Å². The van der Waals surface area contributed by atoms with Crippen molar-refractivity contribution in [1.82, 2.24) is 15.2 Å². The van der Waals surface area contributed by atoms with Gasteiger partial charge in [0.05, 0.1) is 18.8 Å². The van der Waals surface area contributed by atoms with Gasteiger partial charge in [0, 0.05) is 46.0 Å². The van der Waals surface area contributed by atoms with Gasteiger partial charge in [-0.05, 0) is 12.1 Å². The lowest BCUT2D eigenvalue weighted by molar-refractivity contribution is -0.125. The predicted octanol–water partition coefficient (Wildman–Crippen LogP) is -1.54. The third-order valence-electron chi connectivity index (χ3n) is 5.13. The van der Waals surface area contributed by atoms with Gasteiger partial charge < -0.3 is 29.9 Å². The first-order chi connectivity index (χ1) is 13.1. The fourth-order valence-electron chi connectivity index (χ4n) is 3.78. The first-order valence-electron chi connectivity index (χ1n) is 9.24. The van der Waals surface area contributed by atoms with Gasteiger partial charge in [-0.15, -0.1) is 0 Å². The number of carbonyl (C=O) groups is 1. The maximum atomic E-state index is 11.7. The van der Waals surface area contributed by atoms with E-state index >= 15 is 0 Å². The highest BCUT2D eigenvalue weighted by molar-refractivity contribution is 5.77. The molecule has 0 bridgehead atoms. The number of pyridine rings is 1. The van der Waals surface area contributed by atoms with E-state index in [1.807, 2.05) is 18.2 Å². The fraction of sp³-hybridized carbons (Fsp3) is 0.667.